The average Bonchev–Trinajstić information content (AvgIpc) is 2.49. The number of hydrogen-bond acceptors (Lipinski definition) is 4. The molecule has 88 valence electrons. The highest BCUT2D eigenvalue weighted by Gasteiger charge is 2.49. The van der Waals surface area contributed by atoms with Crippen LogP contribution < -0.4 is 5.73 Å². The van der Waals surface area contributed by atoms with Gasteiger partial charge in [-0.3, -0.25) is 9.69 Å². The molecular formula is C10H14N2O3S. The number of rotatable bonds is 3. The van der Waals surface area contributed by atoms with Crippen molar-refractivity contribution in [2.75, 3.05) is 0 Å². The molecule has 0 aromatic rings. The number of β-lactam (4-membered cyclic amide) rings is 1. The first kappa shape index (κ1) is 11.5. The van der Waals surface area contributed by atoms with Crippen LogP contribution in [0.2, 0.25) is 0 Å². The molecule has 2 heterocycles. The molecule has 16 heavy (non-hydrogen) atoms. The standard InChI is InChI=1S/C10H14N2O3S/c1-4(2)7(11)9-8(10(14)15)12-5(13)3-6(12)16-9/h4,6-7H,3,11H2,1-2H3,(H,14,15)/t6-,7?/m1/s1. The van der Waals surface area contributed by atoms with E-state index >= 15 is 0 Å². The fraction of sp³-hybridized carbons (Fsp3) is 0.600. The summed E-state index contributed by atoms with van der Waals surface area (Å²) in [6.45, 7) is 3.88. The molecule has 2 aliphatic heterocycles. The Morgan fingerprint density at radius 3 is 2.69 bits per heavy atom. The Morgan fingerprint density at radius 1 is 1.62 bits per heavy atom. The van der Waals surface area contributed by atoms with E-state index < -0.39 is 5.97 Å². The molecular weight excluding hydrogens is 228 g/mol. The minimum absolute atomic E-state index is 0.0431. The van der Waals surface area contributed by atoms with Crippen LogP contribution in [0.5, 0.6) is 0 Å². The van der Waals surface area contributed by atoms with Gasteiger partial charge in [-0.05, 0) is 5.92 Å². The lowest BCUT2D eigenvalue weighted by molar-refractivity contribution is -0.145. The quantitative estimate of drug-likeness (QED) is 0.707. The number of carbonyl (C=O) groups is 2. The number of carbonyl (C=O) groups excluding carboxylic acids is 1. The molecule has 0 spiro atoms. The van der Waals surface area contributed by atoms with Gasteiger partial charge in [0.25, 0.3) is 0 Å². The average molecular weight is 242 g/mol. The zero-order valence-electron chi connectivity index (χ0n) is 9.14. The van der Waals surface area contributed by atoms with Crippen molar-refractivity contribution in [3.8, 4) is 0 Å². The van der Waals surface area contributed by atoms with Gasteiger partial charge in [0.1, 0.15) is 5.70 Å². The summed E-state index contributed by atoms with van der Waals surface area (Å²) in [6.07, 6.45) is 0.412. The molecule has 0 saturated carbocycles. The molecule has 0 bridgehead atoms. The van der Waals surface area contributed by atoms with Crippen molar-refractivity contribution in [1.29, 1.82) is 0 Å². The third kappa shape index (κ3) is 1.53. The van der Waals surface area contributed by atoms with Crippen LogP contribution in [-0.2, 0) is 9.59 Å². The maximum Gasteiger partial charge on any atom is 0.353 e. The molecule has 5 nitrogen and oxygen atoms in total. The molecule has 2 aliphatic rings. The smallest absolute Gasteiger partial charge is 0.353 e. The van der Waals surface area contributed by atoms with Crippen LogP contribution in [0.4, 0.5) is 0 Å². The molecule has 2 rings (SSSR count). The second kappa shape index (κ2) is 3.78. The molecule has 2 atom stereocenters. The molecule has 1 amide bonds. The number of carboxylic acid groups (broad SMARTS) is 1. The number of amides is 1. The van der Waals surface area contributed by atoms with Gasteiger partial charge < -0.3 is 10.8 Å². The number of fused-ring (bicyclic) bond motifs is 1. The van der Waals surface area contributed by atoms with Crippen LogP contribution >= 0.6 is 11.8 Å². The largest absolute Gasteiger partial charge is 0.477 e. The van der Waals surface area contributed by atoms with Crippen LogP contribution in [0, 0.1) is 5.92 Å². The Bertz CT molecular complexity index is 392. The van der Waals surface area contributed by atoms with Crippen molar-refractivity contribution in [2.45, 2.75) is 31.7 Å². The Hall–Kier alpha value is -1.01. The number of hydrogen-bond donors (Lipinski definition) is 2. The Kier molecular flexibility index (Phi) is 2.71. The molecule has 0 aromatic heterocycles. The van der Waals surface area contributed by atoms with Crippen LogP contribution in [0.25, 0.3) is 0 Å². The van der Waals surface area contributed by atoms with Gasteiger partial charge in [-0.2, -0.15) is 0 Å². The summed E-state index contributed by atoms with van der Waals surface area (Å²) < 4.78 is 0. The van der Waals surface area contributed by atoms with Crippen molar-refractivity contribution in [3.05, 3.63) is 10.6 Å². The summed E-state index contributed by atoms with van der Waals surface area (Å²) in [6, 6.07) is -0.311. The first-order chi connectivity index (χ1) is 7.43. The Balaban J connectivity index is 2.36. The third-order valence-corrected chi connectivity index (χ3v) is 4.24. The summed E-state index contributed by atoms with van der Waals surface area (Å²) in [5.74, 6) is -1.03. The SMILES string of the molecule is CC(C)C(N)C1=C(C(=O)O)N2C(=O)C[C@H]2S1. The molecule has 1 fully saturated rings. The van der Waals surface area contributed by atoms with Crippen molar-refractivity contribution >= 4 is 23.6 Å². The van der Waals surface area contributed by atoms with E-state index in [1.165, 1.54) is 16.7 Å². The van der Waals surface area contributed by atoms with E-state index in [2.05, 4.69) is 0 Å². The van der Waals surface area contributed by atoms with Gasteiger partial charge in [-0.25, -0.2) is 4.79 Å². The van der Waals surface area contributed by atoms with Crippen molar-refractivity contribution in [1.82, 2.24) is 4.90 Å². The normalized spacial score (nSPS) is 25.9. The maximum absolute atomic E-state index is 11.3. The van der Waals surface area contributed by atoms with E-state index in [0.717, 1.165) is 0 Å². The lowest BCUT2D eigenvalue weighted by Gasteiger charge is -2.33. The molecule has 3 N–H and O–H groups in total. The van der Waals surface area contributed by atoms with Crippen LogP contribution in [0.3, 0.4) is 0 Å². The second-order valence-corrected chi connectivity index (χ2v) is 5.55. The number of nitrogens with two attached hydrogens (primary N) is 1. The maximum atomic E-state index is 11.3. The molecule has 6 heteroatoms. The van der Waals surface area contributed by atoms with E-state index in [9.17, 15) is 9.59 Å². The predicted molar refractivity (Wildman–Crippen MR) is 60.3 cm³/mol. The molecule has 1 saturated heterocycles. The van der Waals surface area contributed by atoms with Crippen LogP contribution in [-0.4, -0.2) is 33.3 Å². The highest BCUT2D eigenvalue weighted by molar-refractivity contribution is 8.04. The van der Waals surface area contributed by atoms with Gasteiger partial charge in [0.15, 0.2) is 0 Å². The van der Waals surface area contributed by atoms with Crippen LogP contribution in [0.1, 0.15) is 20.3 Å². The zero-order valence-corrected chi connectivity index (χ0v) is 9.95. The van der Waals surface area contributed by atoms with Gasteiger partial charge in [0.05, 0.1) is 11.8 Å². The van der Waals surface area contributed by atoms with Gasteiger partial charge in [-0.15, -0.1) is 11.8 Å². The third-order valence-electron chi connectivity index (χ3n) is 2.87. The summed E-state index contributed by atoms with van der Waals surface area (Å²) >= 11 is 1.42. The lowest BCUT2D eigenvalue weighted by Crippen LogP contribution is -2.48. The molecule has 1 unspecified atom stereocenters. The van der Waals surface area contributed by atoms with E-state index in [1.54, 1.807) is 0 Å². The number of nitrogens with zero attached hydrogens (tertiary/aromatic N) is 1. The van der Waals surface area contributed by atoms with E-state index in [-0.39, 0.29) is 28.9 Å². The van der Waals surface area contributed by atoms with Crippen molar-refractivity contribution < 1.29 is 14.7 Å². The minimum atomic E-state index is -1.06. The monoisotopic (exact) mass is 242 g/mol. The van der Waals surface area contributed by atoms with E-state index in [0.29, 0.717) is 11.3 Å². The first-order valence-corrected chi connectivity index (χ1v) is 6.03. The fourth-order valence-corrected chi connectivity index (χ4v) is 3.39. The highest BCUT2D eigenvalue weighted by Crippen LogP contribution is 2.47. The fourth-order valence-electron chi connectivity index (χ4n) is 1.82. The number of thioether (sulfide) groups is 1. The predicted octanol–water partition coefficient (Wildman–Crippen LogP) is 0.571. The Morgan fingerprint density at radius 2 is 2.25 bits per heavy atom. The van der Waals surface area contributed by atoms with Crippen molar-refractivity contribution in [2.24, 2.45) is 11.7 Å². The van der Waals surface area contributed by atoms with Crippen LogP contribution in [0.15, 0.2) is 10.6 Å². The second-order valence-electron chi connectivity index (χ2n) is 4.33. The topological polar surface area (TPSA) is 83.6 Å². The summed E-state index contributed by atoms with van der Waals surface area (Å²) in [4.78, 5) is 24.5. The zero-order chi connectivity index (χ0) is 12.0. The van der Waals surface area contributed by atoms with Gasteiger partial charge >= 0.3 is 5.97 Å². The first-order valence-electron chi connectivity index (χ1n) is 5.15. The highest BCUT2D eigenvalue weighted by atomic mass is 32.2. The van der Waals surface area contributed by atoms with E-state index in [1.807, 2.05) is 13.8 Å². The van der Waals surface area contributed by atoms with Gasteiger partial charge in [0.2, 0.25) is 5.91 Å². The molecule has 0 aliphatic carbocycles. The number of carboxylic acids is 1. The van der Waals surface area contributed by atoms with E-state index in [4.69, 9.17) is 10.8 Å². The molecule has 0 radical (unpaired) electrons. The summed E-state index contributed by atoms with van der Waals surface area (Å²) in [5.41, 5.74) is 6.06. The van der Waals surface area contributed by atoms with Gasteiger partial charge in [0, 0.05) is 10.9 Å². The minimum Gasteiger partial charge on any atom is -0.477 e. The summed E-state index contributed by atoms with van der Waals surface area (Å²) in [5, 5.41) is 9.09. The number of aliphatic carboxylic acids is 1. The lowest BCUT2D eigenvalue weighted by atomic mass is 10.0. The Labute approximate surface area is 97.7 Å². The van der Waals surface area contributed by atoms with Crippen molar-refractivity contribution in [3.63, 3.8) is 0 Å². The molecule has 0 aromatic carbocycles. The summed E-state index contributed by atoms with van der Waals surface area (Å²) in [7, 11) is 0. The van der Waals surface area contributed by atoms with Gasteiger partial charge in [-0.1, -0.05) is 13.8 Å².